The maximum Gasteiger partial charge on any atom is 0.259 e. The van der Waals surface area contributed by atoms with Gasteiger partial charge in [0.25, 0.3) is 5.91 Å². The third-order valence-electron chi connectivity index (χ3n) is 6.77. The van der Waals surface area contributed by atoms with Gasteiger partial charge in [0.05, 0.1) is 25.6 Å². The molecule has 1 aromatic carbocycles. The first-order valence-corrected chi connectivity index (χ1v) is 12.8. The second-order valence-electron chi connectivity index (χ2n) is 9.80. The molecule has 198 valence electrons. The molecule has 3 aromatic rings. The summed E-state index contributed by atoms with van der Waals surface area (Å²) in [6.45, 7) is 4.34. The Bertz CT molecular complexity index is 1270. The van der Waals surface area contributed by atoms with Gasteiger partial charge in [-0.1, -0.05) is 55.5 Å². The van der Waals surface area contributed by atoms with Gasteiger partial charge in [0.1, 0.15) is 11.7 Å². The third-order valence-corrected chi connectivity index (χ3v) is 6.77. The molecule has 0 unspecified atom stereocenters. The van der Waals surface area contributed by atoms with Gasteiger partial charge in [-0.3, -0.25) is 14.6 Å². The summed E-state index contributed by atoms with van der Waals surface area (Å²) in [4.78, 5) is 38.4. The van der Waals surface area contributed by atoms with Crippen LogP contribution in [0.25, 0.3) is 12.2 Å². The number of aliphatic hydroxyl groups is 1. The third kappa shape index (κ3) is 6.63. The topological polar surface area (TPSA) is 95.9 Å². The van der Waals surface area contributed by atoms with E-state index in [1.54, 1.807) is 41.5 Å². The molecule has 3 atom stereocenters. The summed E-state index contributed by atoms with van der Waals surface area (Å²) in [6, 6.07) is 14.9. The number of nitrogens with zero attached hydrogens (tertiary/aromatic N) is 4. The molecule has 0 bridgehead atoms. The molecule has 0 spiro atoms. The fourth-order valence-corrected chi connectivity index (χ4v) is 4.37. The summed E-state index contributed by atoms with van der Waals surface area (Å²) in [5, 5.41) is 9.88. The average Bonchev–Trinajstić information content (AvgIpc) is 2.94. The summed E-state index contributed by atoms with van der Waals surface area (Å²) in [5.74, 6) is -0.182. The zero-order valence-electron chi connectivity index (χ0n) is 22.0. The van der Waals surface area contributed by atoms with Gasteiger partial charge in [-0.05, 0) is 35.7 Å². The number of benzene rings is 1. The fourth-order valence-electron chi connectivity index (χ4n) is 4.37. The van der Waals surface area contributed by atoms with Crippen molar-refractivity contribution in [2.45, 2.75) is 32.4 Å². The summed E-state index contributed by atoms with van der Waals surface area (Å²) in [6.07, 6.45) is 8.73. The summed E-state index contributed by atoms with van der Waals surface area (Å²) in [7, 11) is 1.75. The molecule has 1 aliphatic rings. The second kappa shape index (κ2) is 12.5. The molecule has 2 aromatic heterocycles. The monoisotopic (exact) mass is 514 g/mol. The molecule has 3 heterocycles. The van der Waals surface area contributed by atoms with Crippen molar-refractivity contribution in [3.05, 3.63) is 89.4 Å². The fraction of sp³-hybridized carbons (Fsp3) is 0.333. The van der Waals surface area contributed by atoms with Gasteiger partial charge in [-0.2, -0.15) is 0 Å². The van der Waals surface area contributed by atoms with Gasteiger partial charge in [-0.15, -0.1) is 0 Å². The number of pyridine rings is 2. The van der Waals surface area contributed by atoms with Crippen LogP contribution in [0.3, 0.4) is 0 Å². The molecule has 8 heteroatoms. The quantitative estimate of drug-likeness (QED) is 0.494. The van der Waals surface area contributed by atoms with Crippen LogP contribution in [0.1, 0.15) is 40.9 Å². The molecular weight excluding hydrogens is 480 g/mol. The molecule has 2 amide bonds. The molecule has 0 radical (unpaired) electrons. The van der Waals surface area contributed by atoms with E-state index in [0.717, 1.165) is 16.7 Å². The lowest BCUT2D eigenvalue weighted by atomic mass is 9.99. The van der Waals surface area contributed by atoms with Gasteiger partial charge >= 0.3 is 0 Å². The van der Waals surface area contributed by atoms with Crippen molar-refractivity contribution in [2.24, 2.45) is 5.92 Å². The molecule has 4 rings (SSSR count). The molecule has 38 heavy (non-hydrogen) atoms. The first kappa shape index (κ1) is 27.0. The van der Waals surface area contributed by atoms with Crippen LogP contribution >= 0.6 is 0 Å². The Kier molecular flexibility index (Phi) is 8.86. The van der Waals surface area contributed by atoms with Gasteiger partial charge in [0.15, 0.2) is 0 Å². The van der Waals surface area contributed by atoms with Gasteiger partial charge < -0.3 is 19.6 Å². The van der Waals surface area contributed by atoms with E-state index < -0.39 is 6.10 Å². The van der Waals surface area contributed by atoms with Crippen LogP contribution in [0.2, 0.25) is 0 Å². The highest BCUT2D eigenvalue weighted by atomic mass is 16.5. The lowest BCUT2D eigenvalue weighted by molar-refractivity contribution is -0.130. The van der Waals surface area contributed by atoms with Crippen LogP contribution in [0.4, 0.5) is 0 Å². The van der Waals surface area contributed by atoms with E-state index in [1.165, 1.54) is 0 Å². The van der Waals surface area contributed by atoms with Crippen LogP contribution in [-0.4, -0.2) is 75.6 Å². The predicted molar refractivity (Wildman–Crippen MR) is 146 cm³/mol. The van der Waals surface area contributed by atoms with Crippen molar-refractivity contribution < 1.29 is 19.4 Å². The van der Waals surface area contributed by atoms with Crippen molar-refractivity contribution >= 4 is 24.0 Å². The highest BCUT2D eigenvalue weighted by Crippen LogP contribution is 2.28. The number of likely N-dealkylation sites (N-methyl/N-ethyl adjacent to an activating group) is 1. The van der Waals surface area contributed by atoms with E-state index in [2.05, 4.69) is 9.97 Å². The minimum Gasteiger partial charge on any atom is -0.472 e. The Morgan fingerprint density at radius 2 is 1.95 bits per heavy atom. The Morgan fingerprint density at radius 3 is 2.66 bits per heavy atom. The van der Waals surface area contributed by atoms with Crippen molar-refractivity contribution in [3.8, 4) is 5.88 Å². The van der Waals surface area contributed by atoms with E-state index in [9.17, 15) is 14.7 Å². The number of carbonyl (C=O) groups excluding carboxylic acids is 2. The van der Waals surface area contributed by atoms with Crippen LogP contribution in [0, 0.1) is 5.92 Å². The number of aliphatic hydroxyl groups excluding tert-OH is 1. The van der Waals surface area contributed by atoms with Crippen molar-refractivity contribution in [3.63, 3.8) is 0 Å². The number of carbonyl (C=O) groups is 2. The first-order valence-electron chi connectivity index (χ1n) is 12.8. The highest BCUT2D eigenvalue weighted by Gasteiger charge is 2.34. The molecule has 0 saturated carbocycles. The molecule has 1 N–H and O–H groups in total. The van der Waals surface area contributed by atoms with Crippen LogP contribution in [0.5, 0.6) is 5.88 Å². The van der Waals surface area contributed by atoms with Gasteiger partial charge in [-0.25, -0.2) is 4.98 Å². The maximum absolute atomic E-state index is 13.6. The summed E-state index contributed by atoms with van der Waals surface area (Å²) >= 11 is 0. The number of hydrogen-bond acceptors (Lipinski definition) is 6. The van der Waals surface area contributed by atoms with E-state index in [4.69, 9.17) is 4.74 Å². The number of fused-ring (bicyclic) bond motifs is 1. The zero-order chi connectivity index (χ0) is 27.1. The summed E-state index contributed by atoms with van der Waals surface area (Å²) in [5.41, 5.74) is 2.97. The van der Waals surface area contributed by atoms with E-state index in [0.29, 0.717) is 18.7 Å². The maximum atomic E-state index is 13.6. The largest absolute Gasteiger partial charge is 0.472 e. The number of aromatic nitrogens is 2. The number of rotatable bonds is 8. The van der Waals surface area contributed by atoms with E-state index in [1.807, 2.05) is 68.5 Å². The standard InChI is InChI=1S/C30H34N4O4/c1-21-18-34(22(2)20-35)30(37)26-14-25(12-11-23-8-5-4-6-9-23)17-32-29(26)38-27(21)19-33(3)28(36)15-24-10-7-13-31-16-24/h4-14,16-17,21-22,27,35H,15,18-20H2,1-3H3/t21-,22+,27-/m1/s1. The normalized spacial score (nSPS) is 18.3. The van der Waals surface area contributed by atoms with Crippen molar-refractivity contribution in [1.29, 1.82) is 0 Å². The highest BCUT2D eigenvalue weighted by molar-refractivity contribution is 5.97. The molecule has 0 aliphatic carbocycles. The molecule has 0 saturated heterocycles. The number of amides is 2. The lowest BCUT2D eigenvalue weighted by Gasteiger charge is -2.37. The predicted octanol–water partition coefficient (Wildman–Crippen LogP) is 3.57. The molecule has 0 fully saturated rings. The van der Waals surface area contributed by atoms with E-state index >= 15 is 0 Å². The van der Waals surface area contributed by atoms with Crippen molar-refractivity contribution in [1.82, 2.24) is 19.8 Å². The van der Waals surface area contributed by atoms with Crippen molar-refractivity contribution in [2.75, 3.05) is 26.7 Å². The van der Waals surface area contributed by atoms with E-state index in [-0.39, 0.29) is 42.7 Å². The molecular formula is C30H34N4O4. The minimum absolute atomic E-state index is 0.0536. The average molecular weight is 515 g/mol. The SMILES string of the molecule is C[C@@H]1CN([C@@H](C)CO)C(=O)c2cc(C=Cc3ccccc3)cnc2O[C@@H]1CN(C)C(=O)Cc1cccnc1. The van der Waals surface area contributed by atoms with Crippen LogP contribution < -0.4 is 4.74 Å². The lowest BCUT2D eigenvalue weighted by Crippen LogP contribution is -2.50. The second-order valence-corrected chi connectivity index (χ2v) is 9.80. The Labute approximate surface area is 223 Å². The smallest absolute Gasteiger partial charge is 0.259 e. The Hall–Kier alpha value is -4.04. The Morgan fingerprint density at radius 1 is 1.18 bits per heavy atom. The number of hydrogen-bond donors (Lipinski definition) is 1. The zero-order valence-corrected chi connectivity index (χ0v) is 22.0. The van der Waals surface area contributed by atoms with Gasteiger partial charge in [0, 0.05) is 38.1 Å². The van der Waals surface area contributed by atoms with Crippen LogP contribution in [0.15, 0.2) is 67.1 Å². The van der Waals surface area contributed by atoms with Crippen LogP contribution in [-0.2, 0) is 11.2 Å². The molecule has 1 aliphatic heterocycles. The molecule has 8 nitrogen and oxygen atoms in total. The Balaban J connectivity index is 1.59. The first-order chi connectivity index (χ1) is 18.4. The van der Waals surface area contributed by atoms with Gasteiger partial charge in [0.2, 0.25) is 11.8 Å². The summed E-state index contributed by atoms with van der Waals surface area (Å²) < 4.78 is 6.32. The minimum atomic E-state index is -0.406. The number of ether oxygens (including phenoxy) is 1.